The Balaban J connectivity index is 2.95. The van der Waals surface area contributed by atoms with Crippen molar-refractivity contribution in [3.8, 4) is 5.75 Å². The van der Waals surface area contributed by atoms with Crippen LogP contribution in [0.4, 0.5) is 0 Å². The number of hydrogen-bond donors (Lipinski definition) is 1. The van der Waals surface area contributed by atoms with Gasteiger partial charge in [0.05, 0.1) is 13.3 Å². The van der Waals surface area contributed by atoms with Gasteiger partial charge in [-0.2, -0.15) is 16.9 Å². The van der Waals surface area contributed by atoms with Crippen LogP contribution in [0.5, 0.6) is 5.75 Å². The molecule has 1 aromatic heterocycles. The van der Waals surface area contributed by atoms with Crippen molar-refractivity contribution in [3.05, 3.63) is 11.9 Å². The molecule has 1 N–H and O–H groups in total. The highest BCUT2D eigenvalue weighted by Gasteiger charge is 2.18. The van der Waals surface area contributed by atoms with Crippen LogP contribution >= 0.6 is 11.8 Å². The van der Waals surface area contributed by atoms with Crippen LogP contribution in [0.2, 0.25) is 0 Å². The van der Waals surface area contributed by atoms with E-state index in [0.717, 1.165) is 12.2 Å². The molecule has 0 amide bonds. The minimum atomic E-state index is -0.512. The number of aliphatic hydroxyl groups excluding tert-OH is 1. The summed E-state index contributed by atoms with van der Waals surface area (Å²) in [5.74, 6) is 1.32. The van der Waals surface area contributed by atoms with Gasteiger partial charge in [0.1, 0.15) is 11.8 Å². The summed E-state index contributed by atoms with van der Waals surface area (Å²) >= 11 is 1.60. The van der Waals surface area contributed by atoms with Crippen molar-refractivity contribution >= 4 is 11.8 Å². The van der Waals surface area contributed by atoms with Gasteiger partial charge in [0.25, 0.3) is 0 Å². The molecule has 80 valence electrons. The van der Waals surface area contributed by atoms with Crippen LogP contribution in [0, 0.1) is 0 Å². The molecule has 5 heteroatoms. The molecule has 1 atom stereocenters. The standard InChI is InChI=1S/C9H16N2O2S/c1-4-11-9(7(12)6-14-3)8(13-2)5-10-11/h5,7,12H,4,6H2,1-3H3. The Morgan fingerprint density at radius 2 is 2.43 bits per heavy atom. The van der Waals surface area contributed by atoms with Crippen molar-refractivity contribution in [3.63, 3.8) is 0 Å². The Morgan fingerprint density at radius 3 is 2.93 bits per heavy atom. The Hall–Kier alpha value is -0.680. The number of nitrogens with zero attached hydrogens (tertiary/aromatic N) is 2. The zero-order valence-corrected chi connectivity index (χ0v) is 9.54. The highest BCUT2D eigenvalue weighted by molar-refractivity contribution is 7.98. The minimum Gasteiger partial charge on any atom is -0.493 e. The van der Waals surface area contributed by atoms with E-state index in [4.69, 9.17) is 4.74 Å². The van der Waals surface area contributed by atoms with Gasteiger partial charge in [0.15, 0.2) is 5.75 Å². The number of thioether (sulfide) groups is 1. The Morgan fingerprint density at radius 1 is 1.71 bits per heavy atom. The molecule has 14 heavy (non-hydrogen) atoms. The second-order valence-corrected chi connectivity index (χ2v) is 3.80. The molecule has 0 radical (unpaired) electrons. The second-order valence-electron chi connectivity index (χ2n) is 2.89. The molecule has 0 aliphatic heterocycles. The summed E-state index contributed by atoms with van der Waals surface area (Å²) in [4.78, 5) is 0. The molecule has 0 saturated carbocycles. The van der Waals surface area contributed by atoms with Crippen LogP contribution in [0.25, 0.3) is 0 Å². The maximum atomic E-state index is 9.87. The maximum absolute atomic E-state index is 9.87. The predicted molar refractivity (Wildman–Crippen MR) is 57.8 cm³/mol. The number of aryl methyl sites for hydroxylation is 1. The Labute approximate surface area is 88.3 Å². The summed E-state index contributed by atoms with van der Waals surface area (Å²) in [7, 11) is 1.59. The zero-order chi connectivity index (χ0) is 10.6. The first-order valence-corrected chi connectivity index (χ1v) is 5.90. The van der Waals surface area contributed by atoms with Gasteiger partial charge < -0.3 is 9.84 Å². The molecule has 4 nitrogen and oxygen atoms in total. The molecule has 0 fully saturated rings. The van der Waals surface area contributed by atoms with Gasteiger partial charge in [-0.3, -0.25) is 4.68 Å². The van der Waals surface area contributed by atoms with Crippen molar-refractivity contribution in [2.45, 2.75) is 19.6 Å². The van der Waals surface area contributed by atoms with Crippen LogP contribution in [0.15, 0.2) is 6.20 Å². The minimum absolute atomic E-state index is 0.512. The van der Waals surface area contributed by atoms with E-state index in [1.165, 1.54) is 0 Å². The van der Waals surface area contributed by atoms with E-state index < -0.39 is 6.10 Å². The highest BCUT2D eigenvalue weighted by atomic mass is 32.2. The van der Waals surface area contributed by atoms with E-state index in [1.54, 1.807) is 29.8 Å². The third-order valence-electron chi connectivity index (χ3n) is 2.00. The van der Waals surface area contributed by atoms with Crippen molar-refractivity contribution in [1.82, 2.24) is 9.78 Å². The van der Waals surface area contributed by atoms with Crippen molar-refractivity contribution in [2.75, 3.05) is 19.1 Å². The molecule has 0 bridgehead atoms. The SMILES string of the molecule is CCn1ncc(OC)c1C(O)CSC. The van der Waals surface area contributed by atoms with Gasteiger partial charge in [-0.15, -0.1) is 0 Å². The van der Waals surface area contributed by atoms with Crippen LogP contribution in [-0.2, 0) is 6.54 Å². The quantitative estimate of drug-likeness (QED) is 0.806. The van der Waals surface area contributed by atoms with Gasteiger partial charge in [-0.25, -0.2) is 0 Å². The molecule has 1 unspecified atom stereocenters. The summed E-state index contributed by atoms with van der Waals surface area (Å²) in [5, 5.41) is 14.0. The summed E-state index contributed by atoms with van der Waals surface area (Å²) in [5.41, 5.74) is 0.768. The highest BCUT2D eigenvalue weighted by Crippen LogP contribution is 2.26. The number of rotatable bonds is 5. The lowest BCUT2D eigenvalue weighted by atomic mass is 10.2. The molecular weight excluding hydrogens is 200 g/mol. The molecule has 0 aliphatic rings. The average molecular weight is 216 g/mol. The summed E-state index contributed by atoms with van der Waals surface area (Å²) < 4.78 is 6.91. The van der Waals surface area contributed by atoms with E-state index in [9.17, 15) is 5.11 Å². The zero-order valence-electron chi connectivity index (χ0n) is 8.73. The van der Waals surface area contributed by atoms with Gasteiger partial charge in [-0.05, 0) is 13.2 Å². The lowest BCUT2D eigenvalue weighted by Crippen LogP contribution is -2.10. The van der Waals surface area contributed by atoms with Gasteiger partial charge >= 0.3 is 0 Å². The first-order valence-electron chi connectivity index (χ1n) is 4.51. The van der Waals surface area contributed by atoms with E-state index >= 15 is 0 Å². The first-order chi connectivity index (χ1) is 6.74. The smallest absolute Gasteiger partial charge is 0.162 e. The molecule has 0 aromatic carbocycles. The fourth-order valence-electron chi connectivity index (χ4n) is 1.36. The van der Waals surface area contributed by atoms with E-state index in [2.05, 4.69) is 5.10 Å². The van der Waals surface area contributed by atoms with Gasteiger partial charge in [0.2, 0.25) is 0 Å². The molecular formula is C9H16N2O2S. The molecule has 1 heterocycles. The fraction of sp³-hybridized carbons (Fsp3) is 0.667. The third-order valence-corrected chi connectivity index (χ3v) is 2.65. The number of ether oxygens (including phenoxy) is 1. The number of aliphatic hydroxyl groups is 1. The van der Waals surface area contributed by atoms with E-state index in [1.807, 2.05) is 13.2 Å². The Kier molecular flexibility index (Phi) is 4.28. The normalized spacial score (nSPS) is 12.9. The van der Waals surface area contributed by atoms with Gasteiger partial charge in [-0.1, -0.05) is 0 Å². The topological polar surface area (TPSA) is 47.3 Å². The summed E-state index contributed by atoms with van der Waals surface area (Å²) in [6.07, 6.45) is 3.09. The van der Waals surface area contributed by atoms with Crippen LogP contribution in [0.1, 0.15) is 18.7 Å². The van der Waals surface area contributed by atoms with Gasteiger partial charge in [0, 0.05) is 12.3 Å². The molecule has 1 aromatic rings. The average Bonchev–Trinajstić information content (AvgIpc) is 2.60. The summed E-state index contributed by atoms with van der Waals surface area (Å²) in [6.45, 7) is 2.73. The van der Waals surface area contributed by atoms with Crippen LogP contribution in [0.3, 0.4) is 0 Å². The fourth-order valence-corrected chi connectivity index (χ4v) is 1.83. The monoisotopic (exact) mass is 216 g/mol. The lowest BCUT2D eigenvalue weighted by molar-refractivity contribution is 0.187. The van der Waals surface area contributed by atoms with Crippen LogP contribution in [-0.4, -0.2) is 34.0 Å². The predicted octanol–water partition coefficient (Wildman–Crippen LogP) is 1.31. The molecule has 0 aliphatic carbocycles. The third kappa shape index (κ3) is 2.22. The van der Waals surface area contributed by atoms with Crippen molar-refractivity contribution < 1.29 is 9.84 Å². The Bertz CT molecular complexity index is 267. The number of aromatic nitrogens is 2. The van der Waals surface area contributed by atoms with Crippen LogP contribution < -0.4 is 4.74 Å². The molecule has 0 saturated heterocycles. The lowest BCUT2D eigenvalue weighted by Gasteiger charge is -2.12. The largest absolute Gasteiger partial charge is 0.493 e. The van der Waals surface area contributed by atoms with Crippen molar-refractivity contribution in [1.29, 1.82) is 0 Å². The number of methoxy groups -OCH3 is 1. The second kappa shape index (κ2) is 5.26. The molecule has 1 rings (SSSR count). The summed E-state index contributed by atoms with van der Waals surface area (Å²) in [6, 6.07) is 0. The number of hydrogen-bond acceptors (Lipinski definition) is 4. The maximum Gasteiger partial charge on any atom is 0.162 e. The van der Waals surface area contributed by atoms with E-state index in [-0.39, 0.29) is 0 Å². The van der Waals surface area contributed by atoms with Crippen molar-refractivity contribution in [2.24, 2.45) is 0 Å². The first kappa shape index (κ1) is 11.4. The molecule has 0 spiro atoms. The van der Waals surface area contributed by atoms with E-state index in [0.29, 0.717) is 11.5 Å².